The minimum Gasteiger partial charge on any atom is -0.439 e. The molecular weight excluding hydrogens is 326 g/mol. The fourth-order valence-corrected chi connectivity index (χ4v) is 2.85. The molecule has 0 saturated heterocycles. The standard InChI is InChI=1S/C22H19NOS/c1-18(17-25-21-15-9-4-10-16-21)22(23-19-11-5-2-6-12-19)24-20-13-7-3-8-14-20/h2-17H,1H3. The van der Waals surface area contributed by atoms with Gasteiger partial charge in [-0.15, -0.1) is 0 Å². The van der Waals surface area contributed by atoms with Crippen molar-refractivity contribution in [2.45, 2.75) is 11.8 Å². The topological polar surface area (TPSA) is 21.6 Å². The van der Waals surface area contributed by atoms with Crippen molar-refractivity contribution < 1.29 is 4.74 Å². The normalized spacial score (nSPS) is 12.0. The van der Waals surface area contributed by atoms with E-state index in [9.17, 15) is 0 Å². The van der Waals surface area contributed by atoms with Crippen molar-refractivity contribution >= 4 is 23.3 Å². The van der Waals surface area contributed by atoms with Crippen LogP contribution in [0.4, 0.5) is 5.69 Å². The van der Waals surface area contributed by atoms with Crippen molar-refractivity contribution in [3.8, 4) is 5.75 Å². The van der Waals surface area contributed by atoms with Crippen LogP contribution >= 0.6 is 11.8 Å². The van der Waals surface area contributed by atoms with E-state index in [1.54, 1.807) is 11.8 Å². The third kappa shape index (κ3) is 5.37. The molecule has 3 rings (SSSR count). The summed E-state index contributed by atoms with van der Waals surface area (Å²) in [6, 6.07) is 29.8. The summed E-state index contributed by atoms with van der Waals surface area (Å²) >= 11 is 1.66. The molecule has 0 heterocycles. The lowest BCUT2D eigenvalue weighted by atomic mass is 10.3. The molecule has 0 aliphatic rings. The van der Waals surface area contributed by atoms with E-state index in [0.717, 1.165) is 17.0 Å². The second-order valence-electron chi connectivity index (χ2n) is 5.40. The van der Waals surface area contributed by atoms with Gasteiger partial charge >= 0.3 is 0 Å². The van der Waals surface area contributed by atoms with E-state index in [-0.39, 0.29) is 0 Å². The Hall–Kier alpha value is -2.78. The number of aliphatic imine (C=N–C) groups is 1. The van der Waals surface area contributed by atoms with Crippen LogP contribution < -0.4 is 4.74 Å². The minimum absolute atomic E-state index is 0.598. The van der Waals surface area contributed by atoms with Gasteiger partial charge in [-0.1, -0.05) is 66.4 Å². The Bertz CT molecular complexity index is 843. The van der Waals surface area contributed by atoms with Gasteiger partial charge in [-0.3, -0.25) is 0 Å². The summed E-state index contributed by atoms with van der Waals surface area (Å²) in [5.74, 6) is 1.37. The maximum Gasteiger partial charge on any atom is 0.223 e. The third-order valence-corrected chi connectivity index (χ3v) is 4.41. The Morgan fingerprint density at radius 2 is 1.36 bits per heavy atom. The molecule has 0 unspecified atom stereocenters. The summed E-state index contributed by atoms with van der Waals surface area (Å²) in [4.78, 5) is 5.86. The van der Waals surface area contributed by atoms with Gasteiger partial charge in [0.05, 0.1) is 5.69 Å². The Morgan fingerprint density at radius 1 is 0.800 bits per heavy atom. The summed E-state index contributed by atoms with van der Waals surface area (Å²) in [5.41, 5.74) is 1.84. The summed E-state index contributed by atoms with van der Waals surface area (Å²) in [5, 5.41) is 2.07. The number of benzene rings is 3. The van der Waals surface area contributed by atoms with Crippen LogP contribution in [0.5, 0.6) is 5.75 Å². The van der Waals surface area contributed by atoms with Crippen molar-refractivity contribution in [1.82, 2.24) is 0 Å². The van der Waals surface area contributed by atoms with Crippen molar-refractivity contribution in [2.24, 2.45) is 4.99 Å². The maximum atomic E-state index is 6.04. The zero-order chi connectivity index (χ0) is 17.3. The molecule has 2 nitrogen and oxygen atoms in total. The highest BCUT2D eigenvalue weighted by Gasteiger charge is 2.07. The molecule has 3 aromatic rings. The minimum atomic E-state index is 0.598. The van der Waals surface area contributed by atoms with E-state index in [1.165, 1.54) is 4.90 Å². The van der Waals surface area contributed by atoms with Crippen LogP contribution in [0.3, 0.4) is 0 Å². The van der Waals surface area contributed by atoms with Gasteiger partial charge in [0.25, 0.3) is 0 Å². The number of hydrogen-bond acceptors (Lipinski definition) is 3. The fourth-order valence-electron chi connectivity index (χ4n) is 2.12. The van der Waals surface area contributed by atoms with E-state index >= 15 is 0 Å². The molecule has 3 heteroatoms. The molecule has 0 bridgehead atoms. The third-order valence-electron chi connectivity index (χ3n) is 3.40. The number of nitrogens with zero attached hydrogens (tertiary/aromatic N) is 1. The van der Waals surface area contributed by atoms with Crippen LogP contribution in [0, 0.1) is 0 Å². The van der Waals surface area contributed by atoms with Gasteiger partial charge in [-0.25, -0.2) is 4.99 Å². The molecular formula is C22H19NOS. The number of para-hydroxylation sites is 2. The molecule has 0 N–H and O–H groups in total. The molecule has 0 atom stereocenters. The van der Waals surface area contributed by atoms with E-state index in [1.807, 2.05) is 85.8 Å². The highest BCUT2D eigenvalue weighted by atomic mass is 32.2. The lowest BCUT2D eigenvalue weighted by Crippen LogP contribution is -2.09. The van der Waals surface area contributed by atoms with Crippen LogP contribution in [0.15, 0.2) is 112 Å². The summed E-state index contributed by atoms with van der Waals surface area (Å²) < 4.78 is 6.04. The monoisotopic (exact) mass is 345 g/mol. The van der Waals surface area contributed by atoms with Gasteiger partial charge in [0.1, 0.15) is 5.75 Å². The average molecular weight is 345 g/mol. The molecule has 0 spiro atoms. The molecule has 0 fully saturated rings. The van der Waals surface area contributed by atoms with E-state index in [4.69, 9.17) is 4.74 Å². The Morgan fingerprint density at radius 3 is 2.00 bits per heavy atom. The first-order valence-electron chi connectivity index (χ1n) is 8.07. The Labute approximate surface area is 152 Å². The van der Waals surface area contributed by atoms with E-state index < -0.39 is 0 Å². The zero-order valence-corrected chi connectivity index (χ0v) is 14.8. The summed E-state index contributed by atoms with van der Waals surface area (Å²) in [7, 11) is 0. The molecule has 3 aromatic carbocycles. The van der Waals surface area contributed by atoms with Gasteiger partial charge in [0.15, 0.2) is 0 Å². The lowest BCUT2D eigenvalue weighted by molar-refractivity contribution is 0.551. The van der Waals surface area contributed by atoms with Crippen LogP contribution in [0.25, 0.3) is 0 Å². The second-order valence-corrected chi connectivity index (χ2v) is 6.34. The molecule has 25 heavy (non-hydrogen) atoms. The van der Waals surface area contributed by atoms with Gasteiger partial charge < -0.3 is 4.74 Å². The van der Waals surface area contributed by atoms with Crippen LogP contribution in [-0.4, -0.2) is 5.90 Å². The molecule has 0 radical (unpaired) electrons. The fraction of sp³-hybridized carbons (Fsp3) is 0.0455. The van der Waals surface area contributed by atoms with Gasteiger partial charge in [-0.05, 0) is 48.7 Å². The van der Waals surface area contributed by atoms with Crippen molar-refractivity contribution in [3.05, 3.63) is 102 Å². The predicted octanol–water partition coefficient (Wildman–Crippen LogP) is 6.49. The highest BCUT2D eigenvalue weighted by Crippen LogP contribution is 2.23. The first-order chi connectivity index (χ1) is 12.3. The Balaban J connectivity index is 1.86. The van der Waals surface area contributed by atoms with Gasteiger partial charge in [-0.2, -0.15) is 0 Å². The first-order valence-corrected chi connectivity index (χ1v) is 8.95. The number of ether oxygens (including phenoxy) is 1. The van der Waals surface area contributed by atoms with E-state index in [2.05, 4.69) is 22.5 Å². The number of thioether (sulfide) groups is 1. The summed E-state index contributed by atoms with van der Waals surface area (Å²) in [6.45, 7) is 2.01. The maximum absolute atomic E-state index is 6.04. The lowest BCUT2D eigenvalue weighted by Gasteiger charge is -2.10. The first kappa shape index (κ1) is 17.1. The van der Waals surface area contributed by atoms with Crippen molar-refractivity contribution in [1.29, 1.82) is 0 Å². The van der Waals surface area contributed by atoms with Gasteiger partial charge in [0, 0.05) is 10.5 Å². The second kappa shape index (κ2) is 8.90. The largest absolute Gasteiger partial charge is 0.439 e. The number of rotatable bonds is 5. The molecule has 0 aromatic heterocycles. The molecule has 124 valence electrons. The molecule has 0 saturated carbocycles. The number of hydrogen-bond donors (Lipinski definition) is 0. The van der Waals surface area contributed by atoms with Crippen LogP contribution in [0.2, 0.25) is 0 Å². The predicted molar refractivity (Wildman–Crippen MR) is 107 cm³/mol. The molecule has 0 aliphatic carbocycles. The zero-order valence-electron chi connectivity index (χ0n) is 14.0. The smallest absolute Gasteiger partial charge is 0.223 e. The average Bonchev–Trinajstić information content (AvgIpc) is 2.68. The van der Waals surface area contributed by atoms with Crippen LogP contribution in [0.1, 0.15) is 6.92 Å². The van der Waals surface area contributed by atoms with Crippen LogP contribution in [-0.2, 0) is 0 Å². The van der Waals surface area contributed by atoms with Crippen molar-refractivity contribution in [2.75, 3.05) is 0 Å². The quantitative estimate of drug-likeness (QED) is 0.299. The van der Waals surface area contributed by atoms with E-state index in [0.29, 0.717) is 5.90 Å². The summed E-state index contributed by atoms with van der Waals surface area (Å²) in [6.07, 6.45) is 0. The Kier molecular flexibility index (Phi) is 6.07. The highest BCUT2D eigenvalue weighted by molar-refractivity contribution is 8.02. The SMILES string of the molecule is CC(=CSc1ccccc1)C(=Nc1ccccc1)Oc1ccccc1. The van der Waals surface area contributed by atoms with Gasteiger partial charge in [0.2, 0.25) is 5.90 Å². The molecule has 0 aliphatic heterocycles. The molecule has 0 amide bonds. The van der Waals surface area contributed by atoms with Crippen molar-refractivity contribution in [3.63, 3.8) is 0 Å².